The van der Waals surface area contributed by atoms with Crippen LogP contribution in [-0.4, -0.2) is 58.9 Å². The van der Waals surface area contributed by atoms with E-state index < -0.39 is 6.43 Å². The van der Waals surface area contributed by atoms with Gasteiger partial charge in [0.1, 0.15) is 0 Å². The molecule has 1 spiro atoms. The molecule has 1 unspecified atom stereocenters. The lowest BCUT2D eigenvalue weighted by Gasteiger charge is -2.56. The van der Waals surface area contributed by atoms with Crippen LogP contribution in [0.4, 0.5) is 8.78 Å². The Labute approximate surface area is 251 Å². The number of nitrogens with zero attached hydrogens (tertiary/aromatic N) is 2. The van der Waals surface area contributed by atoms with Gasteiger partial charge in [-0.25, -0.2) is 8.78 Å². The third-order valence-corrected chi connectivity index (χ3v) is 8.23. The van der Waals surface area contributed by atoms with Crippen molar-refractivity contribution in [1.82, 2.24) is 15.1 Å². The molecule has 3 fully saturated rings. The Balaban J connectivity index is 0.000000950. The molecule has 1 N–H and O–H groups in total. The van der Waals surface area contributed by atoms with Gasteiger partial charge in [-0.3, -0.25) is 10.1 Å². The van der Waals surface area contributed by atoms with Crippen molar-refractivity contribution >= 4 is 5.91 Å². The Kier molecular flexibility index (Phi) is 16.8. The molecule has 1 aliphatic carbocycles. The van der Waals surface area contributed by atoms with E-state index in [4.69, 9.17) is 0 Å². The topological polar surface area (TPSA) is 35.6 Å². The van der Waals surface area contributed by atoms with Gasteiger partial charge in [0.15, 0.2) is 0 Å². The van der Waals surface area contributed by atoms with E-state index in [-0.39, 0.29) is 17.0 Å². The lowest BCUT2D eigenvalue weighted by molar-refractivity contribution is -0.128. The SMILES string of the molecule is C=CC1CC=C2N1CC(C)(C)NC21CCN(C(=O)C(/C=C\CC2CCCCC2)=C/CC)CC1.CC.CC.CC(F)F. The van der Waals surface area contributed by atoms with Gasteiger partial charge in [0.05, 0.1) is 11.6 Å². The van der Waals surface area contributed by atoms with Crippen molar-refractivity contribution in [3.05, 3.63) is 48.2 Å². The van der Waals surface area contributed by atoms with Crippen molar-refractivity contribution in [2.24, 2.45) is 5.92 Å². The fraction of sp³-hybridized carbons (Fsp3) is 0.743. The molecule has 1 saturated carbocycles. The minimum atomic E-state index is -2.17. The minimum absolute atomic E-state index is 0.0260. The Morgan fingerprint density at radius 2 is 1.71 bits per heavy atom. The number of allylic oxidation sites excluding steroid dienone is 2. The molecule has 6 heteroatoms. The third-order valence-electron chi connectivity index (χ3n) is 8.23. The molecule has 1 atom stereocenters. The summed E-state index contributed by atoms with van der Waals surface area (Å²) in [6.45, 7) is 22.3. The molecule has 3 aliphatic heterocycles. The quantitative estimate of drug-likeness (QED) is 0.194. The molecule has 0 aromatic rings. The molecular formula is C35H61F2N3O. The zero-order chi connectivity index (χ0) is 31.1. The Bertz CT molecular complexity index is 860. The first-order valence-electron chi connectivity index (χ1n) is 16.4. The van der Waals surface area contributed by atoms with Crippen LogP contribution in [-0.2, 0) is 4.79 Å². The van der Waals surface area contributed by atoms with Gasteiger partial charge in [-0.1, -0.05) is 97.1 Å². The van der Waals surface area contributed by atoms with Gasteiger partial charge < -0.3 is 9.80 Å². The van der Waals surface area contributed by atoms with Gasteiger partial charge in [-0.05, 0) is 58.8 Å². The van der Waals surface area contributed by atoms with E-state index in [0.717, 1.165) is 70.2 Å². The average molecular weight is 578 g/mol. The number of carbonyl (C=O) groups excluding carboxylic acids is 1. The number of carbonyl (C=O) groups is 1. The van der Waals surface area contributed by atoms with Crippen LogP contribution in [0, 0.1) is 5.92 Å². The number of nitrogens with one attached hydrogen (secondary N) is 1. The third kappa shape index (κ3) is 11.0. The second-order valence-electron chi connectivity index (χ2n) is 11.9. The number of halogens is 2. The van der Waals surface area contributed by atoms with Gasteiger partial charge in [-0.15, -0.1) is 6.58 Å². The number of rotatable bonds is 6. The van der Waals surface area contributed by atoms with Crippen LogP contribution in [0.3, 0.4) is 0 Å². The van der Waals surface area contributed by atoms with E-state index in [9.17, 15) is 13.6 Å². The standard InChI is InChI=1S/C29H45N3O.C2H4F2.2C2H6/c1-5-11-24(15-10-14-23-12-8-7-9-13-23)27(33)31-20-18-29(19-21-31)26-17-16-25(6-2)32(26)22-28(3,4)30-29;1-2(3)4;2*1-2/h6,10-11,15,17,23,25,30H,2,5,7-9,12-14,16,18-22H2,1,3-4H3;2H,1H3;2*1-2H3/b15-10-,24-11+;;;. The van der Waals surface area contributed by atoms with Crippen LogP contribution < -0.4 is 5.32 Å². The van der Waals surface area contributed by atoms with E-state index in [1.54, 1.807) is 0 Å². The maximum atomic E-state index is 13.4. The number of piperazine rings is 1. The van der Waals surface area contributed by atoms with E-state index in [0.29, 0.717) is 6.04 Å². The van der Waals surface area contributed by atoms with Crippen LogP contribution in [0.15, 0.2) is 48.2 Å². The molecule has 4 aliphatic rings. The zero-order valence-corrected chi connectivity index (χ0v) is 27.6. The van der Waals surface area contributed by atoms with Crippen LogP contribution in [0.5, 0.6) is 0 Å². The molecule has 2 saturated heterocycles. The van der Waals surface area contributed by atoms with E-state index in [2.05, 4.69) is 72.8 Å². The van der Waals surface area contributed by atoms with Gasteiger partial charge in [0, 0.05) is 36.4 Å². The summed E-state index contributed by atoms with van der Waals surface area (Å²) in [7, 11) is 0. The molecule has 0 radical (unpaired) electrons. The molecule has 1 amide bonds. The van der Waals surface area contributed by atoms with Crippen LogP contribution in [0.25, 0.3) is 0 Å². The van der Waals surface area contributed by atoms with Gasteiger partial charge in [0.25, 0.3) is 5.91 Å². The lowest BCUT2D eigenvalue weighted by atomic mass is 9.78. The van der Waals surface area contributed by atoms with E-state index in [1.807, 2.05) is 27.7 Å². The van der Waals surface area contributed by atoms with Gasteiger partial charge in [-0.2, -0.15) is 0 Å². The lowest BCUT2D eigenvalue weighted by Crippen LogP contribution is -2.70. The smallest absolute Gasteiger partial charge is 0.253 e. The summed E-state index contributed by atoms with van der Waals surface area (Å²) in [5.74, 6) is 1.02. The molecule has 4 nitrogen and oxygen atoms in total. The van der Waals surface area contributed by atoms with Crippen LogP contribution in [0.1, 0.15) is 120 Å². The largest absolute Gasteiger partial charge is 0.365 e. The molecule has 0 aromatic carbocycles. The number of hydrogen-bond donors (Lipinski definition) is 1. The fourth-order valence-electron chi connectivity index (χ4n) is 6.64. The first-order valence-corrected chi connectivity index (χ1v) is 16.4. The summed E-state index contributed by atoms with van der Waals surface area (Å²) >= 11 is 0. The maximum Gasteiger partial charge on any atom is 0.253 e. The number of amides is 1. The van der Waals surface area contributed by atoms with Crippen molar-refractivity contribution in [3.63, 3.8) is 0 Å². The number of likely N-dealkylation sites (tertiary alicyclic amines) is 1. The molecular weight excluding hydrogens is 516 g/mol. The maximum absolute atomic E-state index is 13.4. The fourth-order valence-corrected chi connectivity index (χ4v) is 6.64. The van der Waals surface area contributed by atoms with Crippen LogP contribution >= 0.6 is 0 Å². The highest BCUT2D eigenvalue weighted by Crippen LogP contribution is 2.43. The number of hydrogen-bond acceptors (Lipinski definition) is 3. The highest BCUT2D eigenvalue weighted by molar-refractivity contribution is 5.96. The first-order chi connectivity index (χ1) is 19.6. The molecule has 3 heterocycles. The number of alkyl halides is 2. The Morgan fingerprint density at radius 3 is 2.24 bits per heavy atom. The van der Waals surface area contributed by atoms with Crippen molar-refractivity contribution in [3.8, 4) is 0 Å². The summed E-state index contributed by atoms with van der Waals surface area (Å²) in [4.78, 5) is 18.1. The molecule has 0 bridgehead atoms. The summed E-state index contributed by atoms with van der Waals surface area (Å²) in [6.07, 6.45) is 20.7. The second kappa shape index (κ2) is 18.6. The number of piperidine rings is 1. The molecule has 236 valence electrons. The Hall–Kier alpha value is -1.95. The zero-order valence-electron chi connectivity index (χ0n) is 27.6. The average Bonchev–Trinajstić information content (AvgIpc) is 3.38. The van der Waals surface area contributed by atoms with Crippen molar-refractivity contribution in [1.29, 1.82) is 0 Å². The minimum Gasteiger partial charge on any atom is -0.365 e. The van der Waals surface area contributed by atoms with Crippen LogP contribution in [0.2, 0.25) is 0 Å². The summed E-state index contributed by atoms with van der Waals surface area (Å²) in [6, 6.07) is 0.409. The highest BCUT2D eigenvalue weighted by atomic mass is 19.3. The predicted octanol–water partition coefficient (Wildman–Crippen LogP) is 9.06. The first kappa shape index (κ1) is 37.1. The van der Waals surface area contributed by atoms with Crippen molar-refractivity contribution in [2.75, 3.05) is 19.6 Å². The molecule has 0 aromatic heterocycles. The Morgan fingerprint density at radius 1 is 1.12 bits per heavy atom. The summed E-state index contributed by atoms with van der Waals surface area (Å²) in [5.41, 5.74) is 2.34. The van der Waals surface area contributed by atoms with Gasteiger partial charge in [0.2, 0.25) is 6.43 Å². The van der Waals surface area contributed by atoms with Crippen molar-refractivity contribution in [2.45, 2.75) is 143 Å². The van der Waals surface area contributed by atoms with Crippen molar-refractivity contribution < 1.29 is 13.6 Å². The predicted molar refractivity (Wildman–Crippen MR) is 172 cm³/mol. The second-order valence-corrected chi connectivity index (χ2v) is 11.9. The van der Waals surface area contributed by atoms with Gasteiger partial charge >= 0.3 is 0 Å². The summed E-state index contributed by atoms with van der Waals surface area (Å²) in [5, 5.41) is 4.00. The molecule has 41 heavy (non-hydrogen) atoms. The number of fused-ring (bicyclic) bond motifs is 2. The monoisotopic (exact) mass is 577 g/mol. The summed E-state index contributed by atoms with van der Waals surface area (Å²) < 4.78 is 20.7. The highest BCUT2D eigenvalue weighted by Gasteiger charge is 2.50. The molecule has 4 rings (SSSR count). The van der Waals surface area contributed by atoms with E-state index in [1.165, 1.54) is 37.8 Å². The van der Waals surface area contributed by atoms with E-state index >= 15 is 0 Å². The normalized spacial score (nSPS) is 23.4.